The van der Waals surface area contributed by atoms with Crippen molar-refractivity contribution in [1.29, 1.82) is 0 Å². The molecule has 0 radical (unpaired) electrons. The van der Waals surface area contributed by atoms with Gasteiger partial charge in [-0.05, 0) is 42.5 Å². The molecule has 0 aliphatic rings. The fourth-order valence-corrected chi connectivity index (χ4v) is 1.96. The van der Waals surface area contributed by atoms with E-state index >= 15 is 0 Å². The van der Waals surface area contributed by atoms with Gasteiger partial charge in [0.25, 0.3) is 5.91 Å². The van der Waals surface area contributed by atoms with Gasteiger partial charge in [0.15, 0.2) is 6.61 Å². The quantitative estimate of drug-likeness (QED) is 0.751. The smallest absolute Gasteiger partial charge is 0.262 e. The number of amides is 1. The molecular weight excluding hydrogens is 318 g/mol. The number of carbonyl (C=O) groups is 1. The molecule has 0 heterocycles. The molecule has 1 N–H and O–H groups in total. The third-order valence-corrected chi connectivity index (χ3v) is 3.10. The number of anilines is 1. The van der Waals surface area contributed by atoms with Gasteiger partial charge in [-0.25, -0.2) is 0 Å². The molecule has 0 atom stereocenters. The number of methoxy groups -OCH3 is 1. The van der Waals surface area contributed by atoms with E-state index in [-0.39, 0.29) is 12.5 Å². The van der Waals surface area contributed by atoms with E-state index in [1.54, 1.807) is 55.6 Å². The van der Waals surface area contributed by atoms with Crippen molar-refractivity contribution in [3.8, 4) is 11.5 Å². The van der Waals surface area contributed by atoms with Crippen LogP contribution in [0.1, 0.15) is 0 Å². The Morgan fingerprint density at radius 1 is 1.04 bits per heavy atom. The maximum Gasteiger partial charge on any atom is 0.262 e. The highest BCUT2D eigenvalue weighted by Gasteiger charge is 2.04. The second-order valence-corrected chi connectivity index (χ2v) is 5.10. The van der Waals surface area contributed by atoms with Gasteiger partial charge in [-0.1, -0.05) is 17.7 Å². The summed E-state index contributed by atoms with van der Waals surface area (Å²) in [4.78, 5) is 11.8. The number of carbonyl (C=O) groups excluding carboxylic acids is 1. The van der Waals surface area contributed by atoms with Crippen molar-refractivity contribution in [1.82, 2.24) is 0 Å². The van der Waals surface area contributed by atoms with E-state index in [4.69, 9.17) is 25.8 Å². The van der Waals surface area contributed by atoms with Crippen LogP contribution in [0, 0.1) is 0 Å². The van der Waals surface area contributed by atoms with Crippen LogP contribution in [0.3, 0.4) is 0 Å². The third kappa shape index (κ3) is 6.18. The van der Waals surface area contributed by atoms with E-state index in [9.17, 15) is 4.79 Å². The highest BCUT2D eigenvalue weighted by atomic mass is 35.5. The Labute approximate surface area is 140 Å². The van der Waals surface area contributed by atoms with Gasteiger partial charge in [0.2, 0.25) is 0 Å². The van der Waals surface area contributed by atoms with Crippen molar-refractivity contribution in [3.63, 3.8) is 0 Å². The van der Waals surface area contributed by atoms with Crippen LogP contribution in [0.5, 0.6) is 11.5 Å². The van der Waals surface area contributed by atoms with Gasteiger partial charge in [0.1, 0.15) is 18.1 Å². The first-order valence-electron chi connectivity index (χ1n) is 7.07. The molecule has 122 valence electrons. The van der Waals surface area contributed by atoms with Crippen molar-refractivity contribution in [2.75, 3.05) is 32.2 Å². The first kappa shape index (κ1) is 17.1. The SMILES string of the molecule is COCCOc1ccc(NC(=O)COc2cccc(Cl)c2)cc1. The predicted octanol–water partition coefficient (Wildman–Crippen LogP) is 3.38. The molecule has 0 aliphatic carbocycles. The minimum absolute atomic E-state index is 0.0908. The van der Waals surface area contributed by atoms with Crippen molar-refractivity contribution >= 4 is 23.2 Å². The number of rotatable bonds is 8. The molecule has 5 nitrogen and oxygen atoms in total. The molecule has 2 aromatic carbocycles. The Balaban J connectivity index is 1.78. The van der Waals surface area contributed by atoms with Crippen LogP contribution in [0.4, 0.5) is 5.69 Å². The number of hydrogen-bond acceptors (Lipinski definition) is 4. The summed E-state index contributed by atoms with van der Waals surface area (Å²) < 4.78 is 15.7. The summed E-state index contributed by atoms with van der Waals surface area (Å²) in [6.07, 6.45) is 0. The summed E-state index contributed by atoms with van der Waals surface area (Å²) >= 11 is 5.85. The zero-order valence-electron chi connectivity index (χ0n) is 12.8. The third-order valence-electron chi connectivity index (χ3n) is 2.86. The van der Waals surface area contributed by atoms with Crippen LogP contribution in [0.2, 0.25) is 5.02 Å². The number of hydrogen-bond donors (Lipinski definition) is 1. The van der Waals surface area contributed by atoms with Gasteiger partial charge in [0, 0.05) is 17.8 Å². The Morgan fingerprint density at radius 2 is 1.83 bits per heavy atom. The second kappa shape index (κ2) is 9.02. The maximum absolute atomic E-state index is 11.8. The minimum atomic E-state index is -0.252. The first-order chi connectivity index (χ1) is 11.2. The highest BCUT2D eigenvalue weighted by molar-refractivity contribution is 6.30. The molecule has 23 heavy (non-hydrogen) atoms. The maximum atomic E-state index is 11.8. The van der Waals surface area contributed by atoms with E-state index < -0.39 is 0 Å². The van der Waals surface area contributed by atoms with Crippen molar-refractivity contribution in [3.05, 3.63) is 53.6 Å². The van der Waals surface area contributed by atoms with Crippen molar-refractivity contribution < 1.29 is 19.0 Å². The topological polar surface area (TPSA) is 56.8 Å². The lowest BCUT2D eigenvalue weighted by Gasteiger charge is -2.09. The predicted molar refractivity (Wildman–Crippen MR) is 89.4 cm³/mol. The molecule has 1 amide bonds. The summed E-state index contributed by atoms with van der Waals surface area (Å²) in [7, 11) is 1.62. The Morgan fingerprint density at radius 3 is 2.52 bits per heavy atom. The average molecular weight is 336 g/mol. The van der Waals surface area contributed by atoms with Gasteiger partial charge in [-0.3, -0.25) is 4.79 Å². The molecule has 0 saturated heterocycles. The lowest BCUT2D eigenvalue weighted by Crippen LogP contribution is -2.20. The van der Waals surface area contributed by atoms with Gasteiger partial charge >= 0.3 is 0 Å². The van der Waals surface area contributed by atoms with Gasteiger partial charge < -0.3 is 19.5 Å². The largest absolute Gasteiger partial charge is 0.491 e. The lowest BCUT2D eigenvalue weighted by atomic mass is 10.3. The number of ether oxygens (including phenoxy) is 3. The van der Waals surface area contributed by atoms with Crippen LogP contribution in [0.25, 0.3) is 0 Å². The molecule has 6 heteroatoms. The lowest BCUT2D eigenvalue weighted by molar-refractivity contribution is -0.118. The normalized spacial score (nSPS) is 10.2. The van der Waals surface area contributed by atoms with E-state index in [0.717, 1.165) is 5.75 Å². The molecule has 0 unspecified atom stereocenters. The van der Waals surface area contributed by atoms with E-state index in [1.165, 1.54) is 0 Å². The van der Waals surface area contributed by atoms with Crippen LogP contribution < -0.4 is 14.8 Å². The van der Waals surface area contributed by atoms with Gasteiger partial charge in [0.05, 0.1) is 6.61 Å². The number of nitrogens with one attached hydrogen (secondary N) is 1. The van der Waals surface area contributed by atoms with Gasteiger partial charge in [-0.15, -0.1) is 0 Å². The standard InChI is InChI=1S/C17H18ClNO4/c1-21-9-10-22-15-7-5-14(6-8-15)19-17(20)12-23-16-4-2-3-13(18)11-16/h2-8,11H,9-10,12H2,1H3,(H,19,20). The summed E-state index contributed by atoms with van der Waals surface area (Å²) in [5.74, 6) is 1.02. The monoisotopic (exact) mass is 335 g/mol. The molecule has 0 saturated carbocycles. The molecule has 0 aromatic heterocycles. The average Bonchev–Trinajstić information content (AvgIpc) is 2.55. The first-order valence-corrected chi connectivity index (χ1v) is 7.45. The van der Waals surface area contributed by atoms with Crippen LogP contribution >= 0.6 is 11.6 Å². The molecule has 0 fully saturated rings. The Kier molecular flexibility index (Phi) is 6.72. The van der Waals surface area contributed by atoms with Crippen LogP contribution in [-0.2, 0) is 9.53 Å². The summed E-state index contributed by atoms with van der Waals surface area (Å²) in [5, 5.41) is 3.31. The Hall–Kier alpha value is -2.24. The fourth-order valence-electron chi connectivity index (χ4n) is 1.78. The Bertz CT molecular complexity index is 631. The molecule has 0 spiro atoms. The zero-order valence-corrected chi connectivity index (χ0v) is 13.5. The highest BCUT2D eigenvalue weighted by Crippen LogP contribution is 2.18. The van der Waals surface area contributed by atoms with Crippen molar-refractivity contribution in [2.24, 2.45) is 0 Å². The molecule has 2 aromatic rings. The minimum Gasteiger partial charge on any atom is -0.491 e. The molecule has 0 bridgehead atoms. The van der Waals surface area contributed by atoms with E-state index in [0.29, 0.717) is 29.7 Å². The van der Waals surface area contributed by atoms with Crippen LogP contribution in [0.15, 0.2) is 48.5 Å². The van der Waals surface area contributed by atoms with Gasteiger partial charge in [-0.2, -0.15) is 0 Å². The van der Waals surface area contributed by atoms with Crippen molar-refractivity contribution in [2.45, 2.75) is 0 Å². The summed E-state index contributed by atoms with van der Waals surface area (Å²) in [6.45, 7) is 0.918. The summed E-state index contributed by atoms with van der Waals surface area (Å²) in [6, 6.07) is 14.0. The zero-order chi connectivity index (χ0) is 16.5. The summed E-state index contributed by atoms with van der Waals surface area (Å²) in [5.41, 5.74) is 0.670. The number of benzene rings is 2. The van der Waals surface area contributed by atoms with E-state index in [2.05, 4.69) is 5.32 Å². The second-order valence-electron chi connectivity index (χ2n) is 4.66. The fraction of sp³-hybridized carbons (Fsp3) is 0.235. The molecule has 0 aliphatic heterocycles. The van der Waals surface area contributed by atoms with Crippen LogP contribution in [-0.4, -0.2) is 32.8 Å². The number of halogens is 1. The van der Waals surface area contributed by atoms with E-state index in [1.807, 2.05) is 0 Å². The molecular formula is C17H18ClNO4. The molecule has 2 rings (SSSR count).